The topological polar surface area (TPSA) is 67.2 Å². The number of benzene rings is 1. The third-order valence-electron chi connectivity index (χ3n) is 5.30. The molecule has 1 saturated heterocycles. The van der Waals surface area contributed by atoms with Crippen LogP contribution in [0.25, 0.3) is 11.1 Å². The fourth-order valence-electron chi connectivity index (χ4n) is 3.89. The molecule has 23 heavy (non-hydrogen) atoms. The van der Waals surface area contributed by atoms with Gasteiger partial charge >= 0.3 is 0 Å². The second-order valence-corrected chi connectivity index (χ2v) is 7.26. The van der Waals surface area contributed by atoms with Gasteiger partial charge in [0.2, 0.25) is 5.91 Å². The number of aromatic nitrogens is 1. The van der Waals surface area contributed by atoms with Crippen molar-refractivity contribution in [1.29, 1.82) is 0 Å². The number of rotatable bonds is 3. The van der Waals surface area contributed by atoms with Crippen LogP contribution in [0, 0.1) is 5.41 Å². The van der Waals surface area contributed by atoms with Crippen molar-refractivity contribution in [3.63, 3.8) is 0 Å². The maximum absolute atomic E-state index is 12.6. The molecule has 2 fully saturated rings. The minimum Gasteiger partial charge on any atom is -0.440 e. The zero-order valence-corrected chi connectivity index (χ0v) is 13.7. The van der Waals surface area contributed by atoms with Crippen LogP contribution in [0.2, 0.25) is 0 Å². The van der Waals surface area contributed by atoms with Crippen molar-refractivity contribution < 1.29 is 9.21 Å². The smallest absolute Gasteiger partial charge is 0.242 e. The summed E-state index contributed by atoms with van der Waals surface area (Å²) in [6.45, 7) is 5.08. The van der Waals surface area contributed by atoms with Gasteiger partial charge in [0.05, 0.1) is 6.04 Å². The van der Waals surface area contributed by atoms with Gasteiger partial charge in [-0.1, -0.05) is 26.7 Å². The molecule has 2 N–H and O–H groups in total. The highest BCUT2D eigenvalue weighted by Crippen LogP contribution is 2.45. The number of nitrogens with zero attached hydrogens (tertiary/aromatic N) is 1. The summed E-state index contributed by atoms with van der Waals surface area (Å²) in [6, 6.07) is 5.60. The summed E-state index contributed by atoms with van der Waals surface area (Å²) in [5.41, 5.74) is 2.55. The van der Waals surface area contributed by atoms with Crippen molar-refractivity contribution >= 4 is 22.7 Å². The summed E-state index contributed by atoms with van der Waals surface area (Å²) in [4.78, 5) is 17.1. The van der Waals surface area contributed by atoms with E-state index >= 15 is 0 Å². The molecule has 1 aliphatic heterocycles. The van der Waals surface area contributed by atoms with Crippen LogP contribution in [0.5, 0.6) is 0 Å². The quantitative estimate of drug-likeness (QED) is 0.911. The SMILES string of the molecule is CC(C)c1nc2cc(NC(=O)C3NCC34CCCC4)ccc2o1. The molecule has 1 amide bonds. The Morgan fingerprint density at radius 2 is 2.17 bits per heavy atom. The molecule has 0 bridgehead atoms. The minimum absolute atomic E-state index is 0.0516. The van der Waals surface area contributed by atoms with Crippen LogP contribution in [-0.2, 0) is 4.79 Å². The average molecular weight is 313 g/mol. The van der Waals surface area contributed by atoms with Crippen LogP contribution >= 0.6 is 0 Å². The van der Waals surface area contributed by atoms with Gasteiger partial charge < -0.3 is 15.1 Å². The van der Waals surface area contributed by atoms with Crippen molar-refractivity contribution in [3.8, 4) is 0 Å². The predicted molar refractivity (Wildman–Crippen MR) is 89.4 cm³/mol. The molecule has 2 aliphatic rings. The van der Waals surface area contributed by atoms with E-state index in [1.807, 2.05) is 18.2 Å². The molecular weight excluding hydrogens is 290 g/mol. The van der Waals surface area contributed by atoms with E-state index in [4.69, 9.17) is 4.42 Å². The van der Waals surface area contributed by atoms with Gasteiger partial charge in [-0.05, 0) is 31.0 Å². The van der Waals surface area contributed by atoms with Crippen LogP contribution in [-0.4, -0.2) is 23.5 Å². The van der Waals surface area contributed by atoms with E-state index < -0.39 is 0 Å². The second-order valence-electron chi connectivity index (χ2n) is 7.26. The number of carbonyl (C=O) groups is 1. The number of fused-ring (bicyclic) bond motifs is 1. The number of hydrogen-bond acceptors (Lipinski definition) is 4. The fraction of sp³-hybridized carbons (Fsp3) is 0.556. The van der Waals surface area contributed by atoms with E-state index in [9.17, 15) is 4.79 Å². The summed E-state index contributed by atoms with van der Waals surface area (Å²) in [5.74, 6) is 1.06. The number of carbonyl (C=O) groups excluding carboxylic acids is 1. The summed E-state index contributed by atoms with van der Waals surface area (Å²) in [6.07, 6.45) is 4.82. The highest BCUT2D eigenvalue weighted by Gasteiger charge is 2.51. The van der Waals surface area contributed by atoms with Gasteiger partial charge in [0.15, 0.2) is 11.5 Å². The molecule has 5 nitrogen and oxygen atoms in total. The lowest BCUT2D eigenvalue weighted by molar-refractivity contribution is -0.125. The van der Waals surface area contributed by atoms with E-state index in [1.54, 1.807) is 0 Å². The Hall–Kier alpha value is -1.88. The zero-order valence-electron chi connectivity index (χ0n) is 13.7. The Bertz CT molecular complexity index is 744. The number of oxazole rings is 1. The molecule has 1 aromatic heterocycles. The Morgan fingerprint density at radius 3 is 2.83 bits per heavy atom. The lowest BCUT2D eigenvalue weighted by Gasteiger charge is -2.47. The van der Waals surface area contributed by atoms with Crippen LogP contribution in [0.1, 0.15) is 51.3 Å². The fourth-order valence-corrected chi connectivity index (χ4v) is 3.89. The lowest BCUT2D eigenvalue weighted by Crippen LogP contribution is -2.66. The molecule has 122 valence electrons. The van der Waals surface area contributed by atoms with E-state index in [0.717, 1.165) is 42.1 Å². The Morgan fingerprint density at radius 1 is 1.39 bits per heavy atom. The first-order valence-electron chi connectivity index (χ1n) is 8.52. The summed E-state index contributed by atoms with van der Waals surface area (Å²) < 4.78 is 5.71. The molecule has 1 aromatic carbocycles. The van der Waals surface area contributed by atoms with Crippen molar-refractivity contribution in [2.75, 3.05) is 11.9 Å². The van der Waals surface area contributed by atoms with Crippen molar-refractivity contribution in [2.45, 2.75) is 51.5 Å². The monoisotopic (exact) mass is 313 g/mol. The molecule has 0 radical (unpaired) electrons. The third kappa shape index (κ3) is 2.43. The highest BCUT2D eigenvalue weighted by atomic mass is 16.3. The number of nitrogens with one attached hydrogen (secondary N) is 2. The van der Waals surface area contributed by atoms with Gasteiger partial charge in [0.1, 0.15) is 5.52 Å². The standard InChI is InChI=1S/C18H23N3O2/c1-11(2)17-21-13-9-12(5-6-14(13)23-17)20-16(22)15-18(10-19-15)7-3-4-8-18/h5-6,9,11,15,19H,3-4,7-8,10H2,1-2H3,(H,20,22). The molecule has 2 aromatic rings. The van der Waals surface area contributed by atoms with Crippen molar-refractivity contribution in [1.82, 2.24) is 10.3 Å². The van der Waals surface area contributed by atoms with E-state index in [-0.39, 0.29) is 23.3 Å². The minimum atomic E-state index is -0.0516. The lowest BCUT2D eigenvalue weighted by atomic mass is 9.71. The largest absolute Gasteiger partial charge is 0.440 e. The first-order valence-corrected chi connectivity index (χ1v) is 8.52. The van der Waals surface area contributed by atoms with Crippen molar-refractivity contribution in [3.05, 3.63) is 24.1 Å². The molecule has 5 heteroatoms. The first kappa shape index (κ1) is 14.7. The molecule has 4 rings (SSSR count). The number of hydrogen-bond donors (Lipinski definition) is 2. The molecule has 2 heterocycles. The Kier molecular flexibility index (Phi) is 3.41. The first-order chi connectivity index (χ1) is 11.1. The molecule has 1 unspecified atom stereocenters. The number of amides is 1. The van der Waals surface area contributed by atoms with Crippen LogP contribution in [0.3, 0.4) is 0 Å². The van der Waals surface area contributed by atoms with E-state index in [1.165, 1.54) is 12.8 Å². The summed E-state index contributed by atoms with van der Waals surface area (Å²) >= 11 is 0. The van der Waals surface area contributed by atoms with Gasteiger partial charge in [-0.25, -0.2) is 4.98 Å². The van der Waals surface area contributed by atoms with Gasteiger partial charge in [-0.3, -0.25) is 4.79 Å². The maximum atomic E-state index is 12.6. The maximum Gasteiger partial charge on any atom is 0.242 e. The van der Waals surface area contributed by atoms with Crippen LogP contribution in [0.4, 0.5) is 5.69 Å². The summed E-state index contributed by atoms with van der Waals surface area (Å²) in [5, 5.41) is 6.35. The van der Waals surface area contributed by atoms with Gasteiger partial charge in [-0.15, -0.1) is 0 Å². The highest BCUT2D eigenvalue weighted by molar-refractivity contribution is 5.97. The van der Waals surface area contributed by atoms with E-state index in [0.29, 0.717) is 0 Å². The predicted octanol–water partition coefficient (Wildman–Crippen LogP) is 3.42. The molecule has 1 saturated carbocycles. The number of anilines is 1. The zero-order chi connectivity index (χ0) is 16.0. The van der Waals surface area contributed by atoms with Crippen molar-refractivity contribution in [2.24, 2.45) is 5.41 Å². The van der Waals surface area contributed by atoms with Crippen LogP contribution in [0.15, 0.2) is 22.6 Å². The molecule has 1 aliphatic carbocycles. The third-order valence-corrected chi connectivity index (χ3v) is 5.30. The Balaban J connectivity index is 1.52. The van der Waals surface area contributed by atoms with Gasteiger partial charge in [0, 0.05) is 23.6 Å². The molecule has 1 atom stereocenters. The van der Waals surface area contributed by atoms with Gasteiger partial charge in [0.25, 0.3) is 0 Å². The molecular formula is C18H23N3O2. The summed E-state index contributed by atoms with van der Waals surface area (Å²) in [7, 11) is 0. The average Bonchev–Trinajstić information content (AvgIpc) is 3.13. The van der Waals surface area contributed by atoms with E-state index in [2.05, 4.69) is 29.5 Å². The van der Waals surface area contributed by atoms with Gasteiger partial charge in [-0.2, -0.15) is 0 Å². The Labute approximate surface area is 135 Å². The molecule has 1 spiro atoms. The second kappa shape index (κ2) is 5.34. The van der Waals surface area contributed by atoms with Crippen LogP contribution < -0.4 is 10.6 Å². The normalized spacial score (nSPS) is 22.7.